The molecule has 0 heterocycles. The summed E-state index contributed by atoms with van der Waals surface area (Å²) < 4.78 is 1.06. The van der Waals surface area contributed by atoms with E-state index in [1.54, 1.807) is 0 Å². The van der Waals surface area contributed by atoms with Gasteiger partial charge in [0.05, 0.1) is 27.2 Å². The molecule has 2 N–H and O–H groups in total. The molecule has 0 aromatic carbocycles. The number of nitrogens with zero attached hydrogens (tertiary/aromatic N) is 1. The van der Waals surface area contributed by atoms with Crippen molar-refractivity contribution < 1.29 is 4.48 Å². The Morgan fingerprint density at radius 2 is 1.78 bits per heavy atom. The van der Waals surface area contributed by atoms with Crippen LogP contribution in [0.2, 0.25) is 0 Å². The lowest BCUT2D eigenvalue weighted by atomic mass is 10.4. The second-order valence-corrected chi connectivity index (χ2v) is 3.17. The Morgan fingerprint density at radius 1 is 1.22 bits per heavy atom. The molecule has 2 heteroatoms. The summed E-state index contributed by atoms with van der Waals surface area (Å²) in [4.78, 5) is 0. The average molecular weight is 131 g/mol. The zero-order chi connectivity index (χ0) is 7.33. The summed E-state index contributed by atoms with van der Waals surface area (Å²) in [5.41, 5.74) is 5.43. The van der Waals surface area contributed by atoms with Gasteiger partial charge in [0.1, 0.15) is 0 Å². The fourth-order valence-electron chi connectivity index (χ4n) is 1.07. The Kier molecular flexibility index (Phi) is 3.82. The van der Waals surface area contributed by atoms with Gasteiger partial charge in [0.15, 0.2) is 0 Å². The molecule has 0 aliphatic carbocycles. The van der Waals surface area contributed by atoms with Crippen LogP contribution in [0.25, 0.3) is 0 Å². The molecule has 2 nitrogen and oxygen atoms in total. The maximum atomic E-state index is 5.43. The summed E-state index contributed by atoms with van der Waals surface area (Å²) in [5, 5.41) is 0. The Morgan fingerprint density at radius 3 is 2.11 bits per heavy atom. The van der Waals surface area contributed by atoms with Crippen LogP contribution in [0.3, 0.4) is 0 Å². The third-order valence-electron chi connectivity index (χ3n) is 1.56. The van der Waals surface area contributed by atoms with Gasteiger partial charge in [-0.25, -0.2) is 0 Å². The summed E-state index contributed by atoms with van der Waals surface area (Å²) in [6, 6.07) is 0. The average Bonchev–Trinajstić information content (AvgIpc) is 1.64. The van der Waals surface area contributed by atoms with Crippen LogP contribution in [0.1, 0.15) is 13.3 Å². The summed E-state index contributed by atoms with van der Waals surface area (Å²) in [7, 11) is 4.44. The predicted molar refractivity (Wildman–Crippen MR) is 41.2 cm³/mol. The molecule has 0 saturated heterocycles. The van der Waals surface area contributed by atoms with E-state index < -0.39 is 0 Å². The molecule has 0 aliphatic heterocycles. The number of hydrogen-bond donors (Lipinski definition) is 1. The highest BCUT2D eigenvalue weighted by molar-refractivity contribution is 4.33. The lowest BCUT2D eigenvalue weighted by molar-refractivity contribution is -0.888. The molecule has 0 unspecified atom stereocenters. The lowest BCUT2D eigenvalue weighted by Crippen LogP contribution is -2.43. The van der Waals surface area contributed by atoms with E-state index in [0.29, 0.717) is 0 Å². The third-order valence-corrected chi connectivity index (χ3v) is 1.56. The van der Waals surface area contributed by atoms with E-state index in [1.807, 2.05) is 0 Å². The topological polar surface area (TPSA) is 26.0 Å². The van der Waals surface area contributed by atoms with Crippen molar-refractivity contribution in [3.05, 3.63) is 0 Å². The van der Waals surface area contributed by atoms with Gasteiger partial charge in [0.25, 0.3) is 0 Å². The molecule has 56 valence electrons. The standard InChI is InChI=1S/C7H19N2/c1-4-6-9(2,3)7-5-8/h4-8H2,1-3H3/q+1. The molecule has 0 radical (unpaired) electrons. The van der Waals surface area contributed by atoms with Gasteiger partial charge in [-0.3, -0.25) is 0 Å². The summed E-state index contributed by atoms with van der Waals surface area (Å²) in [5.74, 6) is 0. The molecule has 0 spiro atoms. The molecular weight excluding hydrogens is 112 g/mol. The zero-order valence-electron chi connectivity index (χ0n) is 6.85. The van der Waals surface area contributed by atoms with E-state index >= 15 is 0 Å². The normalized spacial score (nSPS) is 12.0. The molecule has 0 atom stereocenters. The van der Waals surface area contributed by atoms with E-state index in [9.17, 15) is 0 Å². The molecule has 0 aromatic rings. The quantitative estimate of drug-likeness (QED) is 0.550. The first kappa shape index (κ1) is 8.92. The van der Waals surface area contributed by atoms with Crippen LogP contribution < -0.4 is 5.73 Å². The van der Waals surface area contributed by atoms with Gasteiger partial charge in [0.2, 0.25) is 0 Å². The van der Waals surface area contributed by atoms with Crippen LogP contribution in [0, 0.1) is 0 Å². The highest BCUT2D eigenvalue weighted by atomic mass is 15.3. The summed E-state index contributed by atoms with van der Waals surface area (Å²) >= 11 is 0. The van der Waals surface area contributed by atoms with E-state index in [0.717, 1.165) is 17.6 Å². The SMILES string of the molecule is CCC[N+](C)(C)CCN. The molecular formula is C7H19N2+. The minimum Gasteiger partial charge on any atom is -0.327 e. The number of rotatable bonds is 4. The van der Waals surface area contributed by atoms with E-state index in [1.165, 1.54) is 13.0 Å². The number of hydrogen-bond acceptors (Lipinski definition) is 1. The molecule has 0 saturated carbocycles. The smallest absolute Gasteiger partial charge is 0.0907 e. The Hall–Kier alpha value is -0.0800. The van der Waals surface area contributed by atoms with Gasteiger partial charge in [-0.05, 0) is 6.42 Å². The van der Waals surface area contributed by atoms with Gasteiger partial charge >= 0.3 is 0 Å². The lowest BCUT2D eigenvalue weighted by Gasteiger charge is -2.28. The summed E-state index contributed by atoms with van der Waals surface area (Å²) in [6.45, 7) is 5.33. The Labute approximate surface area is 58.2 Å². The summed E-state index contributed by atoms with van der Waals surface area (Å²) in [6.07, 6.45) is 1.24. The van der Waals surface area contributed by atoms with E-state index in [2.05, 4.69) is 21.0 Å². The van der Waals surface area contributed by atoms with Crippen LogP contribution in [-0.2, 0) is 0 Å². The van der Waals surface area contributed by atoms with Gasteiger partial charge < -0.3 is 10.2 Å². The first-order valence-corrected chi connectivity index (χ1v) is 3.64. The molecule has 0 aromatic heterocycles. The van der Waals surface area contributed by atoms with Crippen molar-refractivity contribution in [3.63, 3.8) is 0 Å². The Balaban J connectivity index is 3.43. The van der Waals surface area contributed by atoms with Crippen LogP contribution in [-0.4, -0.2) is 38.2 Å². The number of likely N-dealkylation sites (N-methyl/N-ethyl adjacent to an activating group) is 1. The van der Waals surface area contributed by atoms with Gasteiger partial charge in [0, 0.05) is 6.54 Å². The van der Waals surface area contributed by atoms with E-state index in [4.69, 9.17) is 5.73 Å². The zero-order valence-corrected chi connectivity index (χ0v) is 6.85. The molecule has 9 heavy (non-hydrogen) atoms. The fourth-order valence-corrected chi connectivity index (χ4v) is 1.07. The molecule has 0 rings (SSSR count). The molecule has 0 aliphatic rings. The first-order valence-electron chi connectivity index (χ1n) is 3.64. The third kappa shape index (κ3) is 4.43. The van der Waals surface area contributed by atoms with Crippen LogP contribution in [0.5, 0.6) is 0 Å². The van der Waals surface area contributed by atoms with Crippen LogP contribution >= 0.6 is 0 Å². The predicted octanol–water partition coefficient (Wildman–Crippen LogP) is 0.432. The van der Waals surface area contributed by atoms with Crippen molar-refractivity contribution in [2.75, 3.05) is 33.7 Å². The molecule has 0 amide bonds. The highest BCUT2D eigenvalue weighted by Gasteiger charge is 2.10. The van der Waals surface area contributed by atoms with Crippen molar-refractivity contribution >= 4 is 0 Å². The first-order chi connectivity index (χ1) is 4.12. The molecule has 0 fully saturated rings. The minimum atomic E-state index is 0.799. The van der Waals surface area contributed by atoms with Gasteiger partial charge in [-0.2, -0.15) is 0 Å². The van der Waals surface area contributed by atoms with Crippen molar-refractivity contribution in [1.82, 2.24) is 0 Å². The number of quaternary nitrogens is 1. The minimum absolute atomic E-state index is 0.799. The maximum absolute atomic E-state index is 5.43. The fraction of sp³-hybridized carbons (Fsp3) is 1.00. The monoisotopic (exact) mass is 131 g/mol. The van der Waals surface area contributed by atoms with Crippen molar-refractivity contribution in [2.24, 2.45) is 5.73 Å². The Bertz CT molecular complexity index is 61.3. The molecule has 0 bridgehead atoms. The van der Waals surface area contributed by atoms with Gasteiger partial charge in [-0.1, -0.05) is 6.92 Å². The maximum Gasteiger partial charge on any atom is 0.0907 e. The van der Waals surface area contributed by atoms with Gasteiger partial charge in [-0.15, -0.1) is 0 Å². The van der Waals surface area contributed by atoms with Crippen molar-refractivity contribution in [1.29, 1.82) is 0 Å². The van der Waals surface area contributed by atoms with Crippen molar-refractivity contribution in [2.45, 2.75) is 13.3 Å². The largest absolute Gasteiger partial charge is 0.327 e. The van der Waals surface area contributed by atoms with E-state index in [-0.39, 0.29) is 0 Å². The van der Waals surface area contributed by atoms with Crippen molar-refractivity contribution in [3.8, 4) is 0 Å². The van der Waals surface area contributed by atoms with Crippen LogP contribution in [0.15, 0.2) is 0 Å². The number of nitrogens with two attached hydrogens (primary N) is 1. The second kappa shape index (κ2) is 3.85. The highest BCUT2D eigenvalue weighted by Crippen LogP contribution is 1.95. The van der Waals surface area contributed by atoms with Crippen LogP contribution in [0.4, 0.5) is 0 Å². The second-order valence-electron chi connectivity index (χ2n) is 3.17.